The molecule has 0 radical (unpaired) electrons. The molecule has 2 aromatic rings. The Morgan fingerprint density at radius 2 is 1.97 bits per heavy atom. The van der Waals surface area contributed by atoms with E-state index in [2.05, 4.69) is 5.32 Å². The Morgan fingerprint density at radius 3 is 2.67 bits per heavy atom. The maximum Gasteiger partial charge on any atom is 0.339 e. The van der Waals surface area contributed by atoms with Crippen LogP contribution in [0.3, 0.4) is 0 Å². The van der Waals surface area contributed by atoms with Gasteiger partial charge in [-0.05, 0) is 52.8 Å². The van der Waals surface area contributed by atoms with E-state index in [4.69, 9.17) is 14.2 Å². The number of aromatic nitrogens is 1. The summed E-state index contributed by atoms with van der Waals surface area (Å²) in [7, 11) is 0. The van der Waals surface area contributed by atoms with Gasteiger partial charge in [-0.3, -0.25) is 4.79 Å². The summed E-state index contributed by atoms with van der Waals surface area (Å²) in [5.74, 6) is 1.11. The lowest BCUT2D eigenvalue weighted by Gasteiger charge is -2.14. The van der Waals surface area contributed by atoms with Crippen molar-refractivity contribution in [1.29, 1.82) is 0 Å². The molecule has 0 fully saturated rings. The molecule has 7 heteroatoms. The largest absolute Gasteiger partial charge is 0.494 e. The number of carbonyl (C=O) groups excluding carboxylic acids is 2. The second kappa shape index (κ2) is 9.24. The highest BCUT2D eigenvalue weighted by molar-refractivity contribution is 5.91. The van der Waals surface area contributed by atoms with Gasteiger partial charge >= 0.3 is 5.97 Å². The molecule has 3 rings (SSSR count). The van der Waals surface area contributed by atoms with E-state index >= 15 is 0 Å². The van der Waals surface area contributed by atoms with Gasteiger partial charge in [0, 0.05) is 35.5 Å². The maximum absolute atomic E-state index is 12.6. The first-order chi connectivity index (χ1) is 14.3. The van der Waals surface area contributed by atoms with Crippen molar-refractivity contribution in [2.45, 2.75) is 60.2 Å². The van der Waals surface area contributed by atoms with E-state index in [0.717, 1.165) is 40.4 Å². The minimum absolute atomic E-state index is 0.125. The van der Waals surface area contributed by atoms with Crippen LogP contribution in [0.2, 0.25) is 0 Å². The van der Waals surface area contributed by atoms with Crippen LogP contribution in [-0.4, -0.2) is 35.8 Å². The summed E-state index contributed by atoms with van der Waals surface area (Å²) < 4.78 is 18.5. The number of hydrogen-bond acceptors (Lipinski definition) is 5. The van der Waals surface area contributed by atoms with Crippen molar-refractivity contribution in [3.05, 3.63) is 46.3 Å². The normalized spacial score (nSPS) is 14.8. The zero-order valence-corrected chi connectivity index (χ0v) is 18.3. The average molecular weight is 415 g/mol. The molecule has 0 bridgehead atoms. The van der Waals surface area contributed by atoms with E-state index in [9.17, 15) is 9.59 Å². The van der Waals surface area contributed by atoms with Gasteiger partial charge in [0.15, 0.2) is 0 Å². The summed E-state index contributed by atoms with van der Waals surface area (Å²) in [5.41, 5.74) is 4.06. The van der Waals surface area contributed by atoms with Gasteiger partial charge in [-0.2, -0.15) is 0 Å². The second-order valence-electron chi connectivity index (χ2n) is 7.50. The van der Waals surface area contributed by atoms with Gasteiger partial charge < -0.3 is 24.1 Å². The summed E-state index contributed by atoms with van der Waals surface area (Å²) in [6.45, 7) is 10.8. The molecule has 30 heavy (non-hydrogen) atoms. The van der Waals surface area contributed by atoms with Gasteiger partial charge in [0.05, 0.1) is 18.8 Å². The highest BCUT2D eigenvalue weighted by Crippen LogP contribution is 2.35. The molecule has 1 N–H and O–H groups in total. The number of fused-ring (bicyclic) bond motifs is 1. The Morgan fingerprint density at radius 1 is 1.20 bits per heavy atom. The lowest BCUT2D eigenvalue weighted by Crippen LogP contribution is -2.28. The predicted molar refractivity (Wildman–Crippen MR) is 113 cm³/mol. The number of hydrogen-bond donors (Lipinski definition) is 1. The van der Waals surface area contributed by atoms with Crippen LogP contribution in [0.15, 0.2) is 18.2 Å². The highest BCUT2D eigenvalue weighted by Gasteiger charge is 2.22. The molecule has 0 unspecified atom stereocenters. The fraction of sp³-hybridized carbons (Fsp3) is 0.478. The molecule has 1 aliphatic heterocycles. The Balaban J connectivity index is 1.70. The number of benzene rings is 1. The van der Waals surface area contributed by atoms with Crippen molar-refractivity contribution in [1.82, 2.24) is 9.88 Å². The van der Waals surface area contributed by atoms with E-state index < -0.39 is 0 Å². The molecular formula is C23H30N2O5. The number of rotatable bonds is 8. The number of nitrogens with zero attached hydrogens (tertiary/aromatic N) is 1. The van der Waals surface area contributed by atoms with Gasteiger partial charge in [0.1, 0.15) is 24.1 Å². The Hall–Kier alpha value is -2.96. The van der Waals surface area contributed by atoms with Crippen molar-refractivity contribution in [2.75, 3.05) is 13.2 Å². The molecule has 2 heterocycles. The topological polar surface area (TPSA) is 78.8 Å². The number of esters is 1. The van der Waals surface area contributed by atoms with E-state index in [1.54, 1.807) is 13.0 Å². The molecule has 1 aromatic heterocycles. The minimum Gasteiger partial charge on any atom is -0.494 e. The van der Waals surface area contributed by atoms with Gasteiger partial charge in [-0.25, -0.2) is 4.79 Å². The molecule has 1 aromatic carbocycles. The van der Waals surface area contributed by atoms with Crippen LogP contribution in [0.5, 0.6) is 11.5 Å². The van der Waals surface area contributed by atoms with E-state index in [1.807, 2.05) is 44.4 Å². The maximum atomic E-state index is 12.6. The summed E-state index contributed by atoms with van der Waals surface area (Å²) in [6.07, 6.45) is 1.00. The smallest absolute Gasteiger partial charge is 0.339 e. The molecule has 0 spiro atoms. The Bertz CT molecular complexity index is 948. The molecule has 0 saturated heterocycles. The van der Waals surface area contributed by atoms with E-state index in [-0.39, 0.29) is 24.5 Å². The van der Waals surface area contributed by atoms with Crippen molar-refractivity contribution in [3.8, 4) is 11.5 Å². The summed E-state index contributed by atoms with van der Waals surface area (Å²) in [5, 5.41) is 2.96. The number of amides is 1. The first-order valence-corrected chi connectivity index (χ1v) is 10.4. The number of aryl methyl sites for hydroxylation is 1. The van der Waals surface area contributed by atoms with E-state index in [0.29, 0.717) is 25.3 Å². The van der Waals surface area contributed by atoms with Crippen LogP contribution in [0, 0.1) is 13.8 Å². The minimum atomic E-state index is -0.369. The van der Waals surface area contributed by atoms with Gasteiger partial charge in [-0.15, -0.1) is 0 Å². The number of carbonyl (C=O) groups is 2. The van der Waals surface area contributed by atoms with Crippen LogP contribution >= 0.6 is 0 Å². The zero-order valence-electron chi connectivity index (χ0n) is 18.3. The third-order valence-corrected chi connectivity index (χ3v) is 5.23. The van der Waals surface area contributed by atoms with Crippen molar-refractivity contribution in [3.63, 3.8) is 0 Å². The molecule has 0 aliphatic carbocycles. The summed E-state index contributed by atoms with van der Waals surface area (Å²) in [4.78, 5) is 24.7. The molecule has 0 saturated carbocycles. The molecule has 162 valence electrons. The molecular weight excluding hydrogens is 384 g/mol. The second-order valence-corrected chi connectivity index (χ2v) is 7.50. The number of nitrogens with one attached hydrogen (secondary N) is 1. The van der Waals surface area contributed by atoms with Crippen molar-refractivity contribution >= 4 is 11.9 Å². The number of ether oxygens (including phenoxy) is 3. The van der Waals surface area contributed by atoms with Crippen LogP contribution in [0.4, 0.5) is 0 Å². The fourth-order valence-corrected chi connectivity index (χ4v) is 3.76. The van der Waals surface area contributed by atoms with Crippen LogP contribution in [0.25, 0.3) is 0 Å². The SMILES string of the molecule is CCOC(=O)c1cc(C)n(CC(=O)NCc2cc3c(cc2OCC)C[C@@H](C)O3)c1C. The van der Waals surface area contributed by atoms with Crippen LogP contribution < -0.4 is 14.8 Å². The van der Waals surface area contributed by atoms with Crippen LogP contribution in [-0.2, 0) is 29.0 Å². The Labute approximate surface area is 177 Å². The lowest BCUT2D eigenvalue weighted by atomic mass is 10.1. The van der Waals surface area contributed by atoms with E-state index in [1.165, 1.54) is 0 Å². The van der Waals surface area contributed by atoms with Crippen molar-refractivity contribution < 1.29 is 23.8 Å². The quantitative estimate of drug-likeness (QED) is 0.671. The highest BCUT2D eigenvalue weighted by atomic mass is 16.5. The van der Waals surface area contributed by atoms with Gasteiger partial charge in [0.25, 0.3) is 0 Å². The lowest BCUT2D eigenvalue weighted by molar-refractivity contribution is -0.121. The monoisotopic (exact) mass is 414 g/mol. The Kier molecular flexibility index (Phi) is 6.70. The molecule has 7 nitrogen and oxygen atoms in total. The van der Waals surface area contributed by atoms with Crippen LogP contribution in [0.1, 0.15) is 53.6 Å². The summed E-state index contributed by atoms with van der Waals surface area (Å²) in [6, 6.07) is 5.72. The van der Waals surface area contributed by atoms with Gasteiger partial charge in [-0.1, -0.05) is 0 Å². The molecule has 1 aliphatic rings. The standard InChI is InChI=1S/C23H30N2O5/c1-6-28-20-10-17-9-15(4)30-21(17)11-18(20)12-24-22(26)13-25-14(3)8-19(16(25)5)23(27)29-7-2/h8,10-11,15H,6-7,9,12-13H2,1-5H3,(H,24,26)/t15-/m1/s1. The fourth-order valence-electron chi connectivity index (χ4n) is 3.76. The first kappa shape index (κ1) is 21.7. The third-order valence-electron chi connectivity index (χ3n) is 5.23. The molecule has 1 amide bonds. The summed E-state index contributed by atoms with van der Waals surface area (Å²) >= 11 is 0. The van der Waals surface area contributed by atoms with Gasteiger partial charge in [0.2, 0.25) is 5.91 Å². The van der Waals surface area contributed by atoms with Crippen molar-refractivity contribution in [2.24, 2.45) is 0 Å². The molecule has 1 atom stereocenters. The third kappa shape index (κ3) is 4.61. The first-order valence-electron chi connectivity index (χ1n) is 10.4. The zero-order chi connectivity index (χ0) is 21.8. The predicted octanol–water partition coefficient (Wildman–Crippen LogP) is 3.32. The average Bonchev–Trinajstić information content (AvgIpc) is 3.19.